The SMILES string of the molecule is CCCN1/C(=C/C=C2\CCCC(/C=C/C3=[N+](CCC)c4ccccc4C3(C)C)=C2CCCO)C(C)(C)c2ccccc21. The van der Waals surface area contributed by atoms with Gasteiger partial charge in [0.05, 0.1) is 5.41 Å². The van der Waals surface area contributed by atoms with Gasteiger partial charge in [0, 0.05) is 54.1 Å². The molecule has 0 aromatic heterocycles. The molecule has 0 fully saturated rings. The van der Waals surface area contributed by atoms with Crippen molar-refractivity contribution >= 4 is 17.1 Å². The van der Waals surface area contributed by atoms with Gasteiger partial charge in [0.15, 0.2) is 5.71 Å². The number of benzene rings is 2. The highest BCUT2D eigenvalue weighted by atomic mass is 16.2. The van der Waals surface area contributed by atoms with E-state index in [1.165, 1.54) is 50.6 Å². The fourth-order valence-electron chi connectivity index (χ4n) is 7.49. The van der Waals surface area contributed by atoms with Gasteiger partial charge in [0.1, 0.15) is 6.54 Å². The van der Waals surface area contributed by atoms with Gasteiger partial charge in [-0.3, -0.25) is 0 Å². The van der Waals surface area contributed by atoms with Crippen LogP contribution in [0.1, 0.15) is 97.6 Å². The van der Waals surface area contributed by atoms with Gasteiger partial charge in [-0.1, -0.05) is 76.2 Å². The summed E-state index contributed by atoms with van der Waals surface area (Å²) in [4.78, 5) is 2.53. The number of para-hydroxylation sites is 2. The maximum absolute atomic E-state index is 9.81. The first-order chi connectivity index (χ1) is 20.2. The number of aliphatic hydroxyl groups excluding tert-OH is 1. The third-order valence-electron chi connectivity index (χ3n) is 9.63. The number of aliphatic hydroxyl groups is 1. The van der Waals surface area contributed by atoms with Crippen molar-refractivity contribution in [3.05, 3.63) is 106 Å². The van der Waals surface area contributed by atoms with Crippen molar-refractivity contribution in [1.82, 2.24) is 0 Å². The Morgan fingerprint density at radius 2 is 1.60 bits per heavy atom. The van der Waals surface area contributed by atoms with Gasteiger partial charge in [0.25, 0.3) is 0 Å². The molecule has 3 heteroatoms. The molecule has 0 atom stereocenters. The second-order valence-electron chi connectivity index (χ2n) is 13.2. The van der Waals surface area contributed by atoms with E-state index in [1.807, 2.05) is 0 Å². The van der Waals surface area contributed by atoms with Gasteiger partial charge >= 0.3 is 0 Å². The fraction of sp³-hybridized carbons (Fsp3) is 0.462. The van der Waals surface area contributed by atoms with Crippen LogP contribution in [0.2, 0.25) is 0 Å². The van der Waals surface area contributed by atoms with E-state index in [1.54, 1.807) is 0 Å². The summed E-state index contributed by atoms with van der Waals surface area (Å²) in [5, 5.41) is 9.81. The molecule has 1 N–H and O–H groups in total. The van der Waals surface area contributed by atoms with Gasteiger partial charge in [-0.05, 0) is 86.8 Å². The number of anilines is 1. The minimum absolute atomic E-state index is 0.0301. The molecule has 2 heterocycles. The lowest BCUT2D eigenvalue weighted by Gasteiger charge is -2.27. The molecule has 2 aromatic carbocycles. The molecule has 1 aliphatic carbocycles. The van der Waals surface area contributed by atoms with Crippen LogP contribution >= 0.6 is 0 Å². The Morgan fingerprint density at radius 3 is 2.33 bits per heavy atom. The second kappa shape index (κ2) is 12.6. The van der Waals surface area contributed by atoms with E-state index in [2.05, 4.69) is 124 Å². The summed E-state index contributed by atoms with van der Waals surface area (Å²) >= 11 is 0. The fourth-order valence-corrected chi connectivity index (χ4v) is 7.49. The normalized spacial score (nSPS) is 21.3. The molecule has 3 nitrogen and oxygen atoms in total. The highest BCUT2D eigenvalue weighted by Gasteiger charge is 2.44. The standard InChI is InChI=1S/C39H51N2O/c1-7-26-40-34-20-11-9-18-32(34)38(3,4)36(40)24-22-29-15-13-16-30(31(29)17-14-28-42)23-25-37-39(5,6)33-19-10-12-21-35(33)41(37)27-8-2/h9-12,18-25,42H,7-8,13-17,26-28H2,1-6H3/q+1. The average molecular weight is 564 g/mol. The van der Waals surface area contributed by atoms with Crippen LogP contribution in [-0.4, -0.2) is 35.1 Å². The lowest BCUT2D eigenvalue weighted by atomic mass is 9.80. The minimum Gasteiger partial charge on any atom is -0.396 e. The van der Waals surface area contributed by atoms with E-state index in [9.17, 15) is 5.11 Å². The first-order valence-electron chi connectivity index (χ1n) is 16.3. The predicted octanol–water partition coefficient (Wildman–Crippen LogP) is 9.30. The van der Waals surface area contributed by atoms with Crippen LogP contribution in [0.5, 0.6) is 0 Å². The predicted molar refractivity (Wildman–Crippen MR) is 179 cm³/mol. The Labute approximate surface area is 254 Å². The van der Waals surface area contributed by atoms with Gasteiger partial charge in [-0.2, -0.15) is 4.58 Å². The first kappa shape index (κ1) is 30.3. The molecule has 0 bridgehead atoms. The van der Waals surface area contributed by atoms with Crippen molar-refractivity contribution < 1.29 is 9.68 Å². The molecule has 0 amide bonds. The Bertz CT molecular complexity index is 1460. The summed E-state index contributed by atoms with van der Waals surface area (Å²) < 4.78 is 2.53. The molecule has 2 aliphatic heterocycles. The molecule has 5 rings (SSSR count). The van der Waals surface area contributed by atoms with E-state index in [4.69, 9.17) is 0 Å². The second-order valence-corrected chi connectivity index (χ2v) is 13.2. The van der Waals surface area contributed by atoms with Crippen molar-refractivity contribution in [2.45, 2.75) is 97.3 Å². The number of hydrogen-bond donors (Lipinski definition) is 1. The van der Waals surface area contributed by atoms with E-state index < -0.39 is 0 Å². The number of nitrogens with zero attached hydrogens (tertiary/aromatic N) is 2. The van der Waals surface area contributed by atoms with Gasteiger partial charge in [-0.15, -0.1) is 0 Å². The topological polar surface area (TPSA) is 26.5 Å². The van der Waals surface area contributed by atoms with E-state index >= 15 is 0 Å². The summed E-state index contributed by atoms with van der Waals surface area (Å²) in [6, 6.07) is 17.8. The van der Waals surface area contributed by atoms with Crippen molar-refractivity contribution in [2.24, 2.45) is 0 Å². The lowest BCUT2D eigenvalue weighted by Crippen LogP contribution is -2.28. The van der Waals surface area contributed by atoms with Gasteiger partial charge in [-0.25, -0.2) is 0 Å². The van der Waals surface area contributed by atoms with Gasteiger partial charge < -0.3 is 10.0 Å². The molecule has 0 saturated carbocycles. The molecular weight excluding hydrogens is 512 g/mol. The molecule has 0 unspecified atom stereocenters. The zero-order valence-electron chi connectivity index (χ0n) is 26.8. The van der Waals surface area contributed by atoms with E-state index in [0.717, 1.165) is 58.0 Å². The maximum atomic E-state index is 9.81. The molecular formula is C39H51N2O+. The largest absolute Gasteiger partial charge is 0.396 e. The minimum atomic E-state index is -0.0301. The quantitative estimate of drug-likeness (QED) is 0.292. The van der Waals surface area contributed by atoms with Gasteiger partial charge in [0.2, 0.25) is 5.69 Å². The smallest absolute Gasteiger partial charge is 0.209 e. The molecule has 3 aliphatic rings. The molecule has 0 spiro atoms. The Balaban J connectivity index is 1.55. The van der Waals surface area contributed by atoms with Crippen molar-refractivity contribution in [3.63, 3.8) is 0 Å². The molecule has 222 valence electrons. The molecule has 42 heavy (non-hydrogen) atoms. The van der Waals surface area contributed by atoms with Crippen molar-refractivity contribution in [1.29, 1.82) is 0 Å². The van der Waals surface area contributed by atoms with Crippen LogP contribution in [0.4, 0.5) is 11.4 Å². The lowest BCUT2D eigenvalue weighted by molar-refractivity contribution is -0.437. The number of hydrogen-bond acceptors (Lipinski definition) is 2. The highest BCUT2D eigenvalue weighted by molar-refractivity contribution is 6.03. The van der Waals surface area contributed by atoms with E-state index in [-0.39, 0.29) is 17.4 Å². The maximum Gasteiger partial charge on any atom is 0.209 e. The van der Waals surface area contributed by atoms with Crippen LogP contribution < -0.4 is 4.90 Å². The molecule has 0 saturated heterocycles. The summed E-state index contributed by atoms with van der Waals surface area (Å²) in [6.07, 6.45) is 16.9. The van der Waals surface area contributed by atoms with Crippen LogP contribution in [-0.2, 0) is 10.8 Å². The highest BCUT2D eigenvalue weighted by Crippen LogP contribution is 2.48. The van der Waals surface area contributed by atoms with Crippen LogP contribution in [0.3, 0.4) is 0 Å². The number of fused-ring (bicyclic) bond motifs is 2. The summed E-state index contributed by atoms with van der Waals surface area (Å²) in [6.45, 7) is 16.3. The van der Waals surface area contributed by atoms with Crippen LogP contribution in [0.25, 0.3) is 0 Å². The van der Waals surface area contributed by atoms with Crippen molar-refractivity contribution in [2.75, 3.05) is 24.6 Å². The molecule has 0 radical (unpaired) electrons. The Morgan fingerprint density at radius 1 is 0.857 bits per heavy atom. The Hall–Kier alpha value is -3.17. The first-order valence-corrected chi connectivity index (χ1v) is 16.3. The Kier molecular flexibility index (Phi) is 9.08. The zero-order valence-corrected chi connectivity index (χ0v) is 26.8. The third-order valence-corrected chi connectivity index (χ3v) is 9.63. The summed E-state index contributed by atoms with van der Waals surface area (Å²) in [5.41, 5.74) is 12.6. The molecule has 2 aromatic rings. The summed E-state index contributed by atoms with van der Waals surface area (Å²) in [5.74, 6) is 0. The summed E-state index contributed by atoms with van der Waals surface area (Å²) in [7, 11) is 0. The van der Waals surface area contributed by atoms with E-state index in [0.29, 0.717) is 0 Å². The third kappa shape index (κ3) is 5.49. The van der Waals surface area contributed by atoms with Crippen molar-refractivity contribution in [3.8, 4) is 0 Å². The number of rotatable bonds is 10. The van der Waals surface area contributed by atoms with Crippen LogP contribution in [0.15, 0.2) is 95.3 Å². The monoisotopic (exact) mass is 563 g/mol. The number of allylic oxidation sites excluding steroid dienone is 8. The van der Waals surface area contributed by atoms with Crippen LogP contribution in [0, 0.1) is 0 Å². The zero-order chi connectivity index (χ0) is 29.9. The average Bonchev–Trinajstić information content (AvgIpc) is 3.33.